The lowest BCUT2D eigenvalue weighted by atomic mass is 10.1. The smallest absolute Gasteiger partial charge is 0.344 e. The Hall–Kier alpha value is -3.13. The van der Waals surface area contributed by atoms with Gasteiger partial charge >= 0.3 is 5.97 Å². The van der Waals surface area contributed by atoms with Gasteiger partial charge in [0.2, 0.25) is 0 Å². The lowest BCUT2D eigenvalue weighted by Gasteiger charge is -2.09. The molecule has 27 heavy (non-hydrogen) atoms. The van der Waals surface area contributed by atoms with E-state index in [1.54, 1.807) is 12.1 Å². The Kier molecular flexibility index (Phi) is 6.73. The van der Waals surface area contributed by atoms with Crippen LogP contribution in [0.5, 0.6) is 5.75 Å². The van der Waals surface area contributed by atoms with Crippen molar-refractivity contribution >= 4 is 34.9 Å². The molecule has 0 aliphatic heterocycles. The number of benzene rings is 2. The molecule has 0 radical (unpaired) electrons. The first-order valence-corrected chi connectivity index (χ1v) is 8.23. The molecule has 1 N–H and O–H groups in total. The average molecular weight is 393 g/mol. The third-order valence-corrected chi connectivity index (χ3v) is 3.95. The zero-order chi connectivity index (χ0) is 20.0. The van der Waals surface area contributed by atoms with E-state index in [0.717, 1.165) is 17.2 Å². The summed E-state index contributed by atoms with van der Waals surface area (Å²) in [6.45, 7) is 2.99. The molecule has 0 heterocycles. The minimum absolute atomic E-state index is 0.0482. The Balaban J connectivity index is 1.81. The van der Waals surface area contributed by atoms with Gasteiger partial charge in [-0.1, -0.05) is 17.7 Å². The molecule has 2 aromatic carbocycles. The maximum atomic E-state index is 11.8. The standard InChI is InChI=1S/C18H17ClN2O6/c1-11-3-5-14(7-12(11)2)26-10-18(23)27-9-17(22)20-13-4-6-15(19)16(8-13)21(24)25/h3-8H,9-10H2,1-2H3,(H,20,22). The van der Waals surface area contributed by atoms with Gasteiger partial charge in [0.25, 0.3) is 11.6 Å². The van der Waals surface area contributed by atoms with Crippen LogP contribution in [0, 0.1) is 24.0 Å². The molecule has 0 saturated carbocycles. The van der Waals surface area contributed by atoms with Crippen molar-refractivity contribution in [2.24, 2.45) is 0 Å². The fourth-order valence-electron chi connectivity index (χ4n) is 2.06. The first-order valence-electron chi connectivity index (χ1n) is 7.85. The van der Waals surface area contributed by atoms with Crippen molar-refractivity contribution in [2.45, 2.75) is 13.8 Å². The van der Waals surface area contributed by atoms with E-state index in [1.807, 2.05) is 19.9 Å². The quantitative estimate of drug-likeness (QED) is 0.439. The summed E-state index contributed by atoms with van der Waals surface area (Å²) in [5.74, 6) is -0.843. The van der Waals surface area contributed by atoms with E-state index in [1.165, 1.54) is 12.1 Å². The second kappa shape index (κ2) is 9.00. The van der Waals surface area contributed by atoms with Crippen molar-refractivity contribution in [2.75, 3.05) is 18.5 Å². The molecule has 0 unspecified atom stereocenters. The summed E-state index contributed by atoms with van der Waals surface area (Å²) >= 11 is 5.70. The molecule has 9 heteroatoms. The average Bonchev–Trinajstić information content (AvgIpc) is 2.62. The number of nitro groups is 1. The first kappa shape index (κ1) is 20.2. The molecule has 2 rings (SSSR count). The van der Waals surface area contributed by atoms with E-state index < -0.39 is 23.4 Å². The van der Waals surface area contributed by atoms with Gasteiger partial charge in [0.1, 0.15) is 10.8 Å². The number of carbonyl (C=O) groups is 2. The molecule has 142 valence electrons. The maximum Gasteiger partial charge on any atom is 0.344 e. The van der Waals surface area contributed by atoms with Gasteiger partial charge in [0.15, 0.2) is 13.2 Å². The van der Waals surface area contributed by atoms with E-state index >= 15 is 0 Å². The van der Waals surface area contributed by atoms with Gasteiger partial charge in [0, 0.05) is 11.8 Å². The van der Waals surface area contributed by atoms with E-state index in [4.69, 9.17) is 21.1 Å². The fourth-order valence-corrected chi connectivity index (χ4v) is 2.25. The van der Waals surface area contributed by atoms with Crippen LogP contribution in [-0.2, 0) is 14.3 Å². The van der Waals surface area contributed by atoms with Gasteiger partial charge in [-0.05, 0) is 49.2 Å². The summed E-state index contributed by atoms with van der Waals surface area (Å²) in [6.07, 6.45) is 0. The van der Waals surface area contributed by atoms with Gasteiger partial charge in [-0.3, -0.25) is 14.9 Å². The van der Waals surface area contributed by atoms with Crippen LogP contribution in [-0.4, -0.2) is 30.0 Å². The number of nitrogens with zero attached hydrogens (tertiary/aromatic N) is 1. The van der Waals surface area contributed by atoms with E-state index in [9.17, 15) is 19.7 Å². The minimum atomic E-state index is -0.717. The van der Waals surface area contributed by atoms with Gasteiger partial charge < -0.3 is 14.8 Å². The van der Waals surface area contributed by atoms with Gasteiger partial charge in [-0.2, -0.15) is 0 Å². The number of nitro benzene ring substituents is 1. The highest BCUT2D eigenvalue weighted by atomic mass is 35.5. The summed E-state index contributed by atoms with van der Waals surface area (Å²) in [4.78, 5) is 33.7. The Bertz CT molecular complexity index is 884. The van der Waals surface area contributed by atoms with Crippen LogP contribution in [0.25, 0.3) is 0 Å². The second-order valence-corrected chi connectivity index (χ2v) is 6.07. The fraction of sp³-hybridized carbons (Fsp3) is 0.222. The number of anilines is 1. The Morgan fingerprint density at radius 2 is 1.85 bits per heavy atom. The molecule has 2 aromatic rings. The number of hydrogen-bond donors (Lipinski definition) is 1. The summed E-state index contributed by atoms with van der Waals surface area (Å²) in [7, 11) is 0. The molecule has 0 atom stereocenters. The molecule has 0 bridgehead atoms. The van der Waals surface area contributed by atoms with Crippen molar-refractivity contribution < 1.29 is 24.0 Å². The van der Waals surface area contributed by atoms with Crippen molar-refractivity contribution in [1.29, 1.82) is 0 Å². The van der Waals surface area contributed by atoms with Crippen LogP contribution >= 0.6 is 11.6 Å². The lowest BCUT2D eigenvalue weighted by Crippen LogP contribution is -2.23. The molecule has 1 amide bonds. The van der Waals surface area contributed by atoms with Crippen LogP contribution in [0.4, 0.5) is 11.4 Å². The number of amides is 1. The number of esters is 1. The van der Waals surface area contributed by atoms with Gasteiger partial charge in [0.05, 0.1) is 4.92 Å². The number of aryl methyl sites for hydroxylation is 2. The number of halogens is 1. The van der Waals surface area contributed by atoms with Crippen molar-refractivity contribution in [3.05, 3.63) is 62.7 Å². The molecule has 8 nitrogen and oxygen atoms in total. The zero-order valence-electron chi connectivity index (χ0n) is 14.7. The molecule has 0 saturated heterocycles. The highest BCUT2D eigenvalue weighted by Crippen LogP contribution is 2.27. The second-order valence-electron chi connectivity index (χ2n) is 5.67. The predicted molar refractivity (Wildman–Crippen MR) is 99.1 cm³/mol. The molecule has 0 fully saturated rings. The summed E-state index contributed by atoms with van der Waals surface area (Å²) < 4.78 is 10.1. The Morgan fingerprint density at radius 1 is 1.11 bits per heavy atom. The monoisotopic (exact) mass is 392 g/mol. The summed E-state index contributed by atoms with van der Waals surface area (Å²) in [5, 5.41) is 13.2. The molecular formula is C18H17ClN2O6. The van der Waals surface area contributed by atoms with Crippen LogP contribution in [0.15, 0.2) is 36.4 Å². The van der Waals surface area contributed by atoms with Gasteiger partial charge in [-0.15, -0.1) is 0 Å². The summed E-state index contributed by atoms with van der Waals surface area (Å²) in [5.41, 5.74) is 1.95. The Morgan fingerprint density at radius 3 is 2.52 bits per heavy atom. The number of rotatable bonds is 7. The van der Waals surface area contributed by atoms with Crippen molar-refractivity contribution in [3.63, 3.8) is 0 Å². The van der Waals surface area contributed by atoms with Crippen LogP contribution in [0.1, 0.15) is 11.1 Å². The van der Waals surface area contributed by atoms with Crippen LogP contribution in [0.3, 0.4) is 0 Å². The number of ether oxygens (including phenoxy) is 2. The largest absolute Gasteiger partial charge is 0.482 e. The van der Waals surface area contributed by atoms with Crippen molar-refractivity contribution in [1.82, 2.24) is 0 Å². The zero-order valence-corrected chi connectivity index (χ0v) is 15.4. The molecule has 0 aromatic heterocycles. The Labute approximate surface area is 160 Å². The van der Waals surface area contributed by atoms with Gasteiger partial charge in [-0.25, -0.2) is 4.79 Å². The molecular weight excluding hydrogens is 376 g/mol. The normalized spacial score (nSPS) is 10.2. The van der Waals surface area contributed by atoms with Crippen LogP contribution < -0.4 is 10.1 Å². The topological polar surface area (TPSA) is 108 Å². The van der Waals surface area contributed by atoms with E-state index in [2.05, 4.69) is 5.32 Å². The highest BCUT2D eigenvalue weighted by molar-refractivity contribution is 6.32. The third kappa shape index (κ3) is 5.96. The van der Waals surface area contributed by atoms with Crippen molar-refractivity contribution in [3.8, 4) is 5.75 Å². The minimum Gasteiger partial charge on any atom is -0.482 e. The SMILES string of the molecule is Cc1ccc(OCC(=O)OCC(=O)Nc2ccc(Cl)c([N+](=O)[O-])c2)cc1C. The lowest BCUT2D eigenvalue weighted by molar-refractivity contribution is -0.384. The third-order valence-electron chi connectivity index (χ3n) is 3.63. The first-order chi connectivity index (χ1) is 12.8. The number of nitrogens with one attached hydrogen (secondary N) is 1. The van der Waals surface area contributed by atoms with E-state index in [0.29, 0.717) is 5.75 Å². The molecule has 0 aliphatic rings. The summed E-state index contributed by atoms with van der Waals surface area (Å²) in [6, 6.07) is 9.20. The van der Waals surface area contributed by atoms with Crippen LogP contribution in [0.2, 0.25) is 5.02 Å². The number of hydrogen-bond acceptors (Lipinski definition) is 6. The maximum absolute atomic E-state index is 11.8. The molecule has 0 aliphatic carbocycles. The predicted octanol–water partition coefficient (Wildman–Crippen LogP) is 3.43. The van der Waals surface area contributed by atoms with E-state index in [-0.39, 0.29) is 23.0 Å². The molecule has 0 spiro atoms. The highest BCUT2D eigenvalue weighted by Gasteiger charge is 2.15. The number of carbonyl (C=O) groups excluding carboxylic acids is 2.